The van der Waals surface area contributed by atoms with Gasteiger partial charge in [0.1, 0.15) is 23.2 Å². The standard InChI is InChI=1S/C29H32N4O4/c1-4-14-33(15-5-2)25-24(26(34)27(25)35)32-23(29(36)37)17-19-10-12-21(13-11-19)31-28-22-9-7-6-8-20(22)16-18(3)30-28/h6-13,16,23,32H,4-5,14-15,17H2,1-3H3,(H,30,31)(H,36,37)/t23-/m0/s1. The number of benzene rings is 2. The van der Waals surface area contributed by atoms with Crippen LogP contribution in [0.4, 0.5) is 22.9 Å². The molecule has 0 aliphatic rings. The monoisotopic (exact) mass is 500 g/mol. The fraction of sp³-hybridized carbons (Fsp3) is 0.310. The predicted molar refractivity (Wildman–Crippen MR) is 149 cm³/mol. The van der Waals surface area contributed by atoms with Gasteiger partial charge in [0.15, 0.2) is 0 Å². The summed E-state index contributed by atoms with van der Waals surface area (Å²) in [5.41, 5.74) is 1.71. The van der Waals surface area contributed by atoms with Crippen LogP contribution in [0.1, 0.15) is 37.9 Å². The Morgan fingerprint density at radius 1 is 1.00 bits per heavy atom. The number of hydrogen-bond acceptors (Lipinski definition) is 7. The van der Waals surface area contributed by atoms with E-state index in [1.807, 2.05) is 80.3 Å². The van der Waals surface area contributed by atoms with Gasteiger partial charge in [0, 0.05) is 36.3 Å². The first-order valence-corrected chi connectivity index (χ1v) is 12.6. The minimum absolute atomic E-state index is 0.106. The molecule has 1 heterocycles. The van der Waals surface area contributed by atoms with Crippen molar-refractivity contribution in [3.05, 3.63) is 86.3 Å². The molecule has 0 saturated carbocycles. The van der Waals surface area contributed by atoms with E-state index in [-0.39, 0.29) is 12.1 Å². The third kappa shape index (κ3) is 5.63. The number of aliphatic carboxylic acids is 1. The Kier molecular flexibility index (Phi) is 7.86. The highest BCUT2D eigenvalue weighted by atomic mass is 16.4. The van der Waals surface area contributed by atoms with E-state index < -0.39 is 22.9 Å². The van der Waals surface area contributed by atoms with Gasteiger partial charge in [-0.1, -0.05) is 50.2 Å². The van der Waals surface area contributed by atoms with Crippen LogP contribution in [-0.2, 0) is 11.2 Å². The largest absolute Gasteiger partial charge is 0.480 e. The number of anilines is 4. The van der Waals surface area contributed by atoms with E-state index in [9.17, 15) is 19.5 Å². The summed E-state index contributed by atoms with van der Waals surface area (Å²) < 4.78 is 0. The molecule has 3 N–H and O–H groups in total. The number of aryl methyl sites for hydroxylation is 1. The molecule has 8 heteroatoms. The van der Waals surface area contributed by atoms with Crippen molar-refractivity contribution in [2.75, 3.05) is 28.6 Å². The number of nitrogens with zero attached hydrogens (tertiary/aromatic N) is 2. The maximum absolute atomic E-state index is 12.3. The number of pyridine rings is 1. The fourth-order valence-corrected chi connectivity index (χ4v) is 4.59. The zero-order valence-corrected chi connectivity index (χ0v) is 21.4. The Bertz CT molecular complexity index is 1470. The van der Waals surface area contributed by atoms with Gasteiger partial charge in [0.25, 0.3) is 10.9 Å². The van der Waals surface area contributed by atoms with Crippen LogP contribution < -0.4 is 26.4 Å². The molecule has 0 saturated heterocycles. The summed E-state index contributed by atoms with van der Waals surface area (Å²) in [6.07, 6.45) is 1.78. The van der Waals surface area contributed by atoms with Crippen molar-refractivity contribution in [1.82, 2.24) is 4.98 Å². The number of aromatic nitrogens is 1. The zero-order chi connectivity index (χ0) is 26.5. The van der Waals surface area contributed by atoms with Gasteiger partial charge in [0.2, 0.25) is 0 Å². The van der Waals surface area contributed by atoms with Gasteiger partial charge < -0.3 is 20.6 Å². The summed E-state index contributed by atoms with van der Waals surface area (Å²) in [5, 5.41) is 18.2. The molecule has 3 aromatic carbocycles. The second-order valence-electron chi connectivity index (χ2n) is 9.26. The molecule has 0 spiro atoms. The number of carbonyl (C=O) groups is 1. The first-order valence-electron chi connectivity index (χ1n) is 12.6. The summed E-state index contributed by atoms with van der Waals surface area (Å²) >= 11 is 0. The van der Waals surface area contributed by atoms with Crippen molar-refractivity contribution in [3.8, 4) is 0 Å². The van der Waals surface area contributed by atoms with Gasteiger partial charge in [-0.25, -0.2) is 9.78 Å². The van der Waals surface area contributed by atoms with Gasteiger partial charge in [-0.05, 0) is 48.9 Å². The normalized spacial score (nSPS) is 12.0. The van der Waals surface area contributed by atoms with Crippen LogP contribution in [-0.4, -0.2) is 35.2 Å². The smallest absolute Gasteiger partial charge is 0.326 e. The second-order valence-corrected chi connectivity index (χ2v) is 9.26. The minimum Gasteiger partial charge on any atom is -0.480 e. The van der Waals surface area contributed by atoms with Crippen LogP contribution in [0.15, 0.2) is 64.2 Å². The highest BCUT2D eigenvalue weighted by molar-refractivity contribution is 5.93. The number of carboxylic acids is 1. The molecule has 0 aliphatic carbocycles. The predicted octanol–water partition coefficient (Wildman–Crippen LogP) is 4.62. The van der Waals surface area contributed by atoms with Crippen molar-refractivity contribution in [2.24, 2.45) is 0 Å². The average molecular weight is 501 g/mol. The van der Waals surface area contributed by atoms with Crippen molar-refractivity contribution < 1.29 is 9.90 Å². The Morgan fingerprint density at radius 2 is 1.68 bits per heavy atom. The SMILES string of the molecule is CCCN(CCC)c1c(N[C@@H](Cc2ccc(Nc3nc(C)cc4ccccc34)cc2)C(=O)O)c(=O)c1=O. The molecule has 192 valence electrons. The Balaban J connectivity index is 1.51. The van der Waals surface area contributed by atoms with E-state index in [4.69, 9.17) is 0 Å². The van der Waals surface area contributed by atoms with Gasteiger partial charge in [0.05, 0.1) is 0 Å². The lowest BCUT2D eigenvalue weighted by molar-refractivity contribution is -0.137. The topological polar surface area (TPSA) is 112 Å². The molecular weight excluding hydrogens is 468 g/mol. The maximum atomic E-state index is 12.3. The molecule has 1 aromatic heterocycles. The van der Waals surface area contributed by atoms with Gasteiger partial charge >= 0.3 is 5.97 Å². The van der Waals surface area contributed by atoms with Crippen LogP contribution in [0.5, 0.6) is 0 Å². The molecule has 0 aliphatic heterocycles. The van der Waals surface area contributed by atoms with Crippen LogP contribution in [0.2, 0.25) is 0 Å². The lowest BCUT2D eigenvalue weighted by Gasteiger charge is -2.28. The third-order valence-corrected chi connectivity index (χ3v) is 6.33. The second kappa shape index (κ2) is 11.2. The van der Waals surface area contributed by atoms with Crippen LogP contribution in [0, 0.1) is 6.92 Å². The highest BCUT2D eigenvalue weighted by Crippen LogP contribution is 2.26. The molecule has 0 amide bonds. The Morgan fingerprint density at radius 3 is 2.32 bits per heavy atom. The van der Waals surface area contributed by atoms with Crippen molar-refractivity contribution >= 4 is 39.6 Å². The summed E-state index contributed by atoms with van der Waals surface area (Å²) in [6.45, 7) is 7.20. The van der Waals surface area contributed by atoms with E-state index in [1.165, 1.54) is 0 Å². The lowest BCUT2D eigenvalue weighted by atomic mass is 10.0. The van der Waals surface area contributed by atoms with Crippen molar-refractivity contribution in [2.45, 2.75) is 46.1 Å². The van der Waals surface area contributed by atoms with E-state index >= 15 is 0 Å². The molecule has 0 unspecified atom stereocenters. The molecule has 0 bridgehead atoms. The number of carboxylic acid groups (broad SMARTS) is 1. The van der Waals surface area contributed by atoms with Gasteiger partial charge in [-0.2, -0.15) is 0 Å². The molecule has 1 atom stereocenters. The van der Waals surface area contributed by atoms with E-state index in [2.05, 4.69) is 15.6 Å². The molecule has 37 heavy (non-hydrogen) atoms. The van der Waals surface area contributed by atoms with Crippen LogP contribution in [0.3, 0.4) is 0 Å². The average Bonchev–Trinajstić information content (AvgIpc) is 2.88. The third-order valence-electron chi connectivity index (χ3n) is 6.33. The minimum atomic E-state index is -1.09. The van der Waals surface area contributed by atoms with Crippen molar-refractivity contribution in [3.63, 3.8) is 0 Å². The van der Waals surface area contributed by atoms with E-state index in [0.717, 1.165) is 46.4 Å². The molecular formula is C29H32N4O4. The first-order chi connectivity index (χ1) is 17.8. The first kappa shape index (κ1) is 25.9. The number of rotatable bonds is 12. The van der Waals surface area contributed by atoms with Gasteiger partial charge in [-0.15, -0.1) is 0 Å². The number of nitrogens with one attached hydrogen (secondary N) is 2. The molecule has 4 aromatic rings. The van der Waals surface area contributed by atoms with Gasteiger partial charge in [-0.3, -0.25) is 9.59 Å². The van der Waals surface area contributed by atoms with Crippen LogP contribution >= 0.6 is 0 Å². The number of fused-ring (bicyclic) bond motifs is 1. The maximum Gasteiger partial charge on any atom is 0.326 e. The summed E-state index contributed by atoms with van der Waals surface area (Å²) in [7, 11) is 0. The van der Waals surface area contributed by atoms with E-state index in [1.54, 1.807) is 0 Å². The summed E-state index contributed by atoms with van der Waals surface area (Å²) in [5.74, 6) is -0.334. The number of hydrogen-bond donors (Lipinski definition) is 3. The molecule has 4 rings (SSSR count). The highest BCUT2D eigenvalue weighted by Gasteiger charge is 2.29. The van der Waals surface area contributed by atoms with E-state index in [0.29, 0.717) is 18.8 Å². The molecule has 0 fully saturated rings. The molecule has 0 radical (unpaired) electrons. The summed E-state index contributed by atoms with van der Waals surface area (Å²) in [4.78, 5) is 43.2. The molecule has 8 nitrogen and oxygen atoms in total. The zero-order valence-electron chi connectivity index (χ0n) is 21.4. The lowest BCUT2D eigenvalue weighted by Crippen LogP contribution is -2.46. The summed E-state index contributed by atoms with van der Waals surface area (Å²) in [6, 6.07) is 16.5. The quantitative estimate of drug-likeness (QED) is 0.242. The Hall–Kier alpha value is -4.20. The Labute approximate surface area is 215 Å². The fourth-order valence-electron chi connectivity index (χ4n) is 4.59. The van der Waals surface area contributed by atoms with Crippen LogP contribution in [0.25, 0.3) is 10.8 Å². The van der Waals surface area contributed by atoms with Crippen molar-refractivity contribution in [1.29, 1.82) is 0 Å².